The fourth-order valence-electron chi connectivity index (χ4n) is 2.71. The van der Waals surface area contributed by atoms with Crippen LogP contribution in [0.4, 0.5) is 5.82 Å². The van der Waals surface area contributed by atoms with Gasteiger partial charge in [-0.3, -0.25) is 9.48 Å². The van der Waals surface area contributed by atoms with Gasteiger partial charge >= 0.3 is 0 Å². The summed E-state index contributed by atoms with van der Waals surface area (Å²) < 4.78 is 1.90. The highest BCUT2D eigenvalue weighted by Gasteiger charge is 2.24. The van der Waals surface area contributed by atoms with E-state index in [0.717, 1.165) is 44.1 Å². The molecule has 0 saturated carbocycles. The van der Waals surface area contributed by atoms with Crippen LogP contribution in [0.3, 0.4) is 0 Å². The average Bonchev–Trinajstić information content (AvgIpc) is 2.57. The molecule has 0 unspecified atom stereocenters. The first-order valence-electron chi connectivity index (χ1n) is 7.26. The maximum Gasteiger partial charge on any atom is 0.241 e. The lowest BCUT2D eigenvalue weighted by Crippen LogP contribution is -2.35. The zero-order valence-corrected chi connectivity index (χ0v) is 12.9. The van der Waals surface area contributed by atoms with Gasteiger partial charge in [0.05, 0.1) is 12.2 Å². The summed E-state index contributed by atoms with van der Waals surface area (Å²) in [7, 11) is 3.83. The first kappa shape index (κ1) is 14.8. The molecule has 6 heteroatoms. The molecular weight excluding hydrogens is 254 g/mol. The Hall–Kier alpha value is -1.56. The van der Waals surface area contributed by atoms with Crippen LogP contribution in [0.2, 0.25) is 0 Å². The molecule has 6 nitrogen and oxygen atoms in total. The Morgan fingerprint density at radius 3 is 2.75 bits per heavy atom. The van der Waals surface area contributed by atoms with Crippen molar-refractivity contribution >= 4 is 11.7 Å². The number of carbonyl (C=O) groups is 1. The number of aryl methyl sites for hydroxylation is 2. The van der Waals surface area contributed by atoms with Crippen molar-refractivity contribution in [1.29, 1.82) is 0 Å². The monoisotopic (exact) mass is 279 g/mol. The van der Waals surface area contributed by atoms with Gasteiger partial charge in [-0.15, -0.1) is 0 Å². The standard InChI is InChI=1S/C14H25N5O/c1-5-15-9-12-11(2)16-18(4)14(12)19-8-6-7-17(3)13(20)10-19/h15H,5-10H2,1-4H3. The SMILES string of the molecule is CCNCc1c(C)nn(C)c1N1CCCN(C)C(=O)C1. The fraction of sp³-hybridized carbons (Fsp3) is 0.714. The van der Waals surface area contributed by atoms with Crippen molar-refractivity contribution < 1.29 is 4.79 Å². The molecule has 1 aromatic rings. The van der Waals surface area contributed by atoms with Gasteiger partial charge in [-0.25, -0.2) is 0 Å². The highest BCUT2D eigenvalue weighted by atomic mass is 16.2. The number of hydrogen-bond acceptors (Lipinski definition) is 4. The summed E-state index contributed by atoms with van der Waals surface area (Å²) >= 11 is 0. The normalized spacial score (nSPS) is 16.7. The van der Waals surface area contributed by atoms with Crippen molar-refractivity contribution in [3.8, 4) is 0 Å². The largest absolute Gasteiger partial charge is 0.347 e. The number of carbonyl (C=O) groups excluding carboxylic acids is 1. The number of anilines is 1. The lowest BCUT2D eigenvalue weighted by atomic mass is 10.2. The fourth-order valence-corrected chi connectivity index (χ4v) is 2.71. The van der Waals surface area contributed by atoms with Crippen molar-refractivity contribution in [2.45, 2.75) is 26.8 Å². The molecule has 1 aliphatic rings. The molecule has 0 atom stereocenters. The van der Waals surface area contributed by atoms with E-state index in [0.29, 0.717) is 6.54 Å². The topological polar surface area (TPSA) is 53.4 Å². The van der Waals surface area contributed by atoms with Crippen LogP contribution >= 0.6 is 0 Å². The number of aromatic nitrogens is 2. The molecule has 2 heterocycles. The molecule has 0 bridgehead atoms. The van der Waals surface area contributed by atoms with Crippen LogP contribution in [-0.4, -0.2) is 53.8 Å². The van der Waals surface area contributed by atoms with Crippen molar-refractivity contribution in [2.75, 3.05) is 38.1 Å². The summed E-state index contributed by atoms with van der Waals surface area (Å²) in [6, 6.07) is 0. The predicted octanol–water partition coefficient (Wildman–Crippen LogP) is 0.507. The van der Waals surface area contributed by atoms with Crippen LogP contribution < -0.4 is 10.2 Å². The molecule has 1 fully saturated rings. The molecule has 20 heavy (non-hydrogen) atoms. The second-order valence-corrected chi connectivity index (χ2v) is 5.38. The van der Waals surface area contributed by atoms with Gasteiger partial charge in [-0.2, -0.15) is 5.10 Å². The van der Waals surface area contributed by atoms with E-state index in [1.54, 1.807) is 0 Å². The van der Waals surface area contributed by atoms with E-state index in [1.165, 1.54) is 5.56 Å². The van der Waals surface area contributed by atoms with Crippen molar-refractivity contribution in [2.24, 2.45) is 7.05 Å². The summed E-state index contributed by atoms with van der Waals surface area (Å²) in [6.07, 6.45) is 0.993. The van der Waals surface area contributed by atoms with E-state index in [-0.39, 0.29) is 5.91 Å². The smallest absolute Gasteiger partial charge is 0.241 e. The number of nitrogens with one attached hydrogen (secondary N) is 1. The molecule has 112 valence electrons. The van der Waals surface area contributed by atoms with Crippen LogP contribution in [-0.2, 0) is 18.4 Å². The van der Waals surface area contributed by atoms with Crippen LogP contribution in [0.25, 0.3) is 0 Å². The Balaban J connectivity index is 2.28. The molecule has 0 spiro atoms. The van der Waals surface area contributed by atoms with E-state index in [9.17, 15) is 4.79 Å². The van der Waals surface area contributed by atoms with Gasteiger partial charge < -0.3 is 15.1 Å². The Morgan fingerprint density at radius 2 is 2.05 bits per heavy atom. The predicted molar refractivity (Wildman–Crippen MR) is 79.8 cm³/mol. The second-order valence-electron chi connectivity index (χ2n) is 5.38. The number of amides is 1. The average molecular weight is 279 g/mol. The van der Waals surface area contributed by atoms with E-state index >= 15 is 0 Å². The van der Waals surface area contributed by atoms with Gasteiger partial charge in [0.2, 0.25) is 5.91 Å². The van der Waals surface area contributed by atoms with Crippen LogP contribution in [0, 0.1) is 6.92 Å². The van der Waals surface area contributed by atoms with E-state index in [4.69, 9.17) is 0 Å². The lowest BCUT2D eigenvalue weighted by molar-refractivity contribution is -0.127. The second kappa shape index (κ2) is 6.26. The van der Waals surface area contributed by atoms with E-state index in [1.807, 2.05) is 30.6 Å². The Morgan fingerprint density at radius 1 is 1.30 bits per heavy atom. The number of likely N-dealkylation sites (N-methyl/N-ethyl adjacent to an activating group) is 1. The minimum absolute atomic E-state index is 0.177. The van der Waals surface area contributed by atoms with Crippen LogP contribution in [0.15, 0.2) is 0 Å². The Kier molecular flexibility index (Phi) is 4.65. The number of nitrogens with zero attached hydrogens (tertiary/aromatic N) is 4. The highest BCUT2D eigenvalue weighted by molar-refractivity contribution is 5.81. The summed E-state index contributed by atoms with van der Waals surface area (Å²) in [5, 5.41) is 7.88. The Bertz CT molecular complexity index is 482. The molecular formula is C14H25N5O. The maximum absolute atomic E-state index is 12.1. The van der Waals surface area contributed by atoms with E-state index in [2.05, 4.69) is 22.2 Å². The van der Waals surface area contributed by atoms with Gasteiger partial charge in [0.25, 0.3) is 0 Å². The molecule has 1 aliphatic heterocycles. The van der Waals surface area contributed by atoms with Gasteiger partial charge in [0.15, 0.2) is 0 Å². The number of hydrogen-bond donors (Lipinski definition) is 1. The molecule has 1 aromatic heterocycles. The summed E-state index contributed by atoms with van der Waals surface area (Å²) in [4.78, 5) is 16.1. The highest BCUT2D eigenvalue weighted by Crippen LogP contribution is 2.24. The van der Waals surface area contributed by atoms with Gasteiger partial charge in [-0.1, -0.05) is 6.92 Å². The molecule has 2 rings (SSSR count). The van der Waals surface area contributed by atoms with Crippen LogP contribution in [0.1, 0.15) is 24.6 Å². The molecule has 0 aromatic carbocycles. The summed E-state index contributed by atoms with van der Waals surface area (Å²) in [6.45, 7) is 8.01. The summed E-state index contributed by atoms with van der Waals surface area (Å²) in [5.41, 5.74) is 2.24. The third kappa shape index (κ3) is 2.95. The van der Waals surface area contributed by atoms with Gasteiger partial charge in [0.1, 0.15) is 5.82 Å². The minimum atomic E-state index is 0.177. The minimum Gasteiger partial charge on any atom is -0.347 e. The third-order valence-corrected chi connectivity index (χ3v) is 3.84. The zero-order valence-electron chi connectivity index (χ0n) is 12.9. The maximum atomic E-state index is 12.1. The molecule has 1 saturated heterocycles. The first-order chi connectivity index (χ1) is 9.54. The van der Waals surface area contributed by atoms with Crippen molar-refractivity contribution in [3.63, 3.8) is 0 Å². The Labute approximate surface area is 120 Å². The lowest BCUT2D eigenvalue weighted by Gasteiger charge is -2.23. The molecule has 0 radical (unpaired) electrons. The van der Waals surface area contributed by atoms with Gasteiger partial charge in [-0.05, 0) is 19.9 Å². The summed E-state index contributed by atoms with van der Waals surface area (Å²) in [5.74, 6) is 1.25. The number of rotatable bonds is 4. The molecule has 1 amide bonds. The third-order valence-electron chi connectivity index (χ3n) is 3.84. The zero-order chi connectivity index (χ0) is 14.7. The molecule has 1 N–H and O–H groups in total. The molecule has 0 aliphatic carbocycles. The van der Waals surface area contributed by atoms with Crippen molar-refractivity contribution in [3.05, 3.63) is 11.3 Å². The quantitative estimate of drug-likeness (QED) is 0.872. The van der Waals surface area contributed by atoms with Gasteiger partial charge in [0, 0.05) is 39.3 Å². The first-order valence-corrected chi connectivity index (χ1v) is 7.26. The van der Waals surface area contributed by atoms with Crippen molar-refractivity contribution in [1.82, 2.24) is 20.0 Å². The van der Waals surface area contributed by atoms with E-state index < -0.39 is 0 Å². The van der Waals surface area contributed by atoms with Crippen LogP contribution in [0.5, 0.6) is 0 Å².